The minimum atomic E-state index is -1.27. The standard InChI is InChI=1S/C37H42F6O2/c1-3-21-45-31-19-17-27(33(39)37(31)43)25-13-9-23(10-14-25)6-5-22-7-11-24(12-8-22)26-15-16-28(34(40)32(26)38)29-18-20-30(44-4-2)36(42)35(29)41/h15-20,22-25H,3-14,21H2,1-2H3. The fraction of sp³-hybridized carbons (Fsp3) is 0.514. The van der Waals surface area contributed by atoms with Crippen LogP contribution in [-0.4, -0.2) is 13.2 Å². The Morgan fingerprint density at radius 1 is 0.511 bits per heavy atom. The highest BCUT2D eigenvalue weighted by Gasteiger charge is 2.30. The van der Waals surface area contributed by atoms with Crippen LogP contribution in [0, 0.1) is 46.7 Å². The fourth-order valence-corrected chi connectivity index (χ4v) is 7.28. The van der Waals surface area contributed by atoms with E-state index in [1.54, 1.807) is 19.1 Å². The Balaban J connectivity index is 1.11. The lowest BCUT2D eigenvalue weighted by molar-refractivity contribution is 0.248. The Hall–Kier alpha value is -3.16. The molecule has 0 saturated heterocycles. The maximum Gasteiger partial charge on any atom is 0.201 e. The Labute approximate surface area is 262 Å². The molecule has 0 aliphatic heterocycles. The first-order chi connectivity index (χ1) is 21.7. The molecule has 0 bridgehead atoms. The summed E-state index contributed by atoms with van der Waals surface area (Å²) < 4.78 is 99.1. The van der Waals surface area contributed by atoms with E-state index in [9.17, 15) is 17.6 Å². The van der Waals surface area contributed by atoms with Crippen molar-refractivity contribution in [3.8, 4) is 22.6 Å². The minimum absolute atomic E-state index is 0.0121. The second kappa shape index (κ2) is 15.0. The highest BCUT2D eigenvalue weighted by Crippen LogP contribution is 2.44. The molecule has 0 radical (unpaired) electrons. The number of rotatable bonds is 11. The van der Waals surface area contributed by atoms with Crippen LogP contribution in [0.4, 0.5) is 26.3 Å². The number of hydrogen-bond acceptors (Lipinski definition) is 2. The third-order valence-corrected chi connectivity index (χ3v) is 9.84. The molecule has 0 atom stereocenters. The second-order valence-corrected chi connectivity index (χ2v) is 12.6. The first kappa shape index (κ1) is 33.2. The number of ether oxygens (including phenoxy) is 2. The van der Waals surface area contributed by atoms with Crippen LogP contribution in [0.25, 0.3) is 11.1 Å². The molecule has 8 heteroatoms. The normalized spacial score (nSPS) is 22.0. The molecule has 2 nitrogen and oxygen atoms in total. The van der Waals surface area contributed by atoms with Crippen LogP contribution in [0.5, 0.6) is 11.5 Å². The van der Waals surface area contributed by atoms with Crippen molar-refractivity contribution >= 4 is 0 Å². The molecule has 5 rings (SSSR count). The van der Waals surface area contributed by atoms with Crippen LogP contribution >= 0.6 is 0 Å². The average molecular weight is 633 g/mol. The van der Waals surface area contributed by atoms with Gasteiger partial charge in [-0.1, -0.05) is 38.0 Å². The number of halogens is 6. The summed E-state index contributed by atoms with van der Waals surface area (Å²) in [5.41, 5.74) is 0.0731. The van der Waals surface area contributed by atoms with Gasteiger partial charge in [0.15, 0.2) is 34.8 Å². The van der Waals surface area contributed by atoms with Gasteiger partial charge in [0, 0.05) is 11.1 Å². The third kappa shape index (κ3) is 7.30. The van der Waals surface area contributed by atoms with Crippen molar-refractivity contribution < 1.29 is 35.8 Å². The fourth-order valence-electron chi connectivity index (χ4n) is 7.28. The first-order valence-electron chi connectivity index (χ1n) is 16.4. The summed E-state index contributed by atoms with van der Waals surface area (Å²) in [5.74, 6) is -5.70. The molecular weight excluding hydrogens is 590 g/mol. The van der Waals surface area contributed by atoms with Gasteiger partial charge in [-0.25, -0.2) is 17.6 Å². The van der Waals surface area contributed by atoms with E-state index in [-0.39, 0.29) is 46.6 Å². The Morgan fingerprint density at radius 3 is 1.47 bits per heavy atom. The van der Waals surface area contributed by atoms with E-state index in [1.165, 1.54) is 24.3 Å². The molecule has 2 fully saturated rings. The van der Waals surface area contributed by atoms with Gasteiger partial charge in [0.2, 0.25) is 11.6 Å². The SMILES string of the molecule is CCCOc1ccc(C2CCC(CCC3CCC(c4ccc(-c5ccc(OCC)c(F)c5F)c(F)c4F)CC3)CC2)c(F)c1F. The maximum absolute atomic E-state index is 15.3. The summed E-state index contributed by atoms with van der Waals surface area (Å²) in [5, 5.41) is 0. The van der Waals surface area contributed by atoms with Crippen molar-refractivity contribution in [1.29, 1.82) is 0 Å². The highest BCUT2D eigenvalue weighted by atomic mass is 19.2. The molecule has 0 amide bonds. The third-order valence-electron chi connectivity index (χ3n) is 9.84. The lowest BCUT2D eigenvalue weighted by Crippen LogP contribution is -2.18. The summed E-state index contributed by atoms with van der Waals surface area (Å²) in [6.45, 7) is 4.05. The maximum atomic E-state index is 15.3. The molecule has 2 saturated carbocycles. The monoisotopic (exact) mass is 632 g/mol. The highest BCUT2D eigenvalue weighted by molar-refractivity contribution is 5.66. The van der Waals surface area contributed by atoms with Gasteiger partial charge in [-0.3, -0.25) is 0 Å². The van der Waals surface area contributed by atoms with Gasteiger partial charge >= 0.3 is 0 Å². The minimum Gasteiger partial charge on any atom is -0.491 e. The molecule has 244 valence electrons. The van der Waals surface area contributed by atoms with Gasteiger partial charge in [0.25, 0.3) is 0 Å². The molecule has 0 spiro atoms. The van der Waals surface area contributed by atoms with Crippen molar-refractivity contribution in [2.75, 3.05) is 13.2 Å². The summed E-state index contributed by atoms with van der Waals surface area (Å²) in [6.07, 6.45) is 9.78. The van der Waals surface area contributed by atoms with E-state index in [0.29, 0.717) is 24.0 Å². The molecule has 2 aliphatic carbocycles. The molecule has 0 heterocycles. The summed E-state index contributed by atoms with van der Waals surface area (Å²) in [7, 11) is 0. The van der Waals surface area contributed by atoms with Gasteiger partial charge in [-0.05, 0) is 118 Å². The summed E-state index contributed by atoms with van der Waals surface area (Å²) >= 11 is 0. The van der Waals surface area contributed by atoms with Crippen LogP contribution < -0.4 is 9.47 Å². The quantitative estimate of drug-likeness (QED) is 0.196. The van der Waals surface area contributed by atoms with Crippen molar-refractivity contribution in [3.63, 3.8) is 0 Å². The van der Waals surface area contributed by atoms with E-state index in [4.69, 9.17) is 9.47 Å². The van der Waals surface area contributed by atoms with Gasteiger partial charge in [0.1, 0.15) is 0 Å². The zero-order chi connectivity index (χ0) is 32.1. The number of hydrogen-bond donors (Lipinski definition) is 0. The van der Waals surface area contributed by atoms with Crippen LogP contribution in [-0.2, 0) is 0 Å². The lowest BCUT2D eigenvalue weighted by Gasteiger charge is -2.32. The van der Waals surface area contributed by atoms with Gasteiger partial charge < -0.3 is 9.47 Å². The van der Waals surface area contributed by atoms with Crippen molar-refractivity contribution in [2.24, 2.45) is 11.8 Å². The molecule has 45 heavy (non-hydrogen) atoms. The van der Waals surface area contributed by atoms with Crippen LogP contribution in [0.2, 0.25) is 0 Å². The largest absolute Gasteiger partial charge is 0.491 e. The van der Waals surface area contributed by atoms with E-state index in [1.807, 2.05) is 6.92 Å². The Bertz CT molecular complexity index is 1460. The van der Waals surface area contributed by atoms with Crippen molar-refractivity contribution in [3.05, 3.63) is 82.4 Å². The smallest absolute Gasteiger partial charge is 0.201 e. The van der Waals surface area contributed by atoms with Crippen LogP contribution in [0.3, 0.4) is 0 Å². The molecule has 3 aromatic carbocycles. The van der Waals surface area contributed by atoms with E-state index in [0.717, 1.165) is 70.6 Å². The van der Waals surface area contributed by atoms with E-state index in [2.05, 4.69) is 0 Å². The van der Waals surface area contributed by atoms with Gasteiger partial charge in [-0.15, -0.1) is 0 Å². The summed E-state index contributed by atoms with van der Waals surface area (Å²) in [6, 6.07) is 8.49. The zero-order valence-corrected chi connectivity index (χ0v) is 26.1. The van der Waals surface area contributed by atoms with Gasteiger partial charge in [0.05, 0.1) is 13.2 Å². The predicted octanol–water partition coefficient (Wildman–Crippen LogP) is 11.4. The van der Waals surface area contributed by atoms with Crippen LogP contribution in [0.1, 0.15) is 107 Å². The molecule has 0 aromatic heterocycles. The Morgan fingerprint density at radius 2 is 0.933 bits per heavy atom. The molecule has 3 aromatic rings. The summed E-state index contributed by atoms with van der Waals surface area (Å²) in [4.78, 5) is 0. The molecule has 0 N–H and O–H groups in total. The van der Waals surface area contributed by atoms with Crippen LogP contribution in [0.15, 0.2) is 36.4 Å². The topological polar surface area (TPSA) is 18.5 Å². The lowest BCUT2D eigenvalue weighted by atomic mass is 9.73. The van der Waals surface area contributed by atoms with Gasteiger partial charge in [-0.2, -0.15) is 8.78 Å². The number of benzene rings is 3. The Kier molecular flexibility index (Phi) is 11.0. The van der Waals surface area contributed by atoms with E-state index < -0.39 is 34.9 Å². The van der Waals surface area contributed by atoms with Crippen molar-refractivity contribution in [1.82, 2.24) is 0 Å². The molecule has 2 aliphatic rings. The molecule has 0 unspecified atom stereocenters. The first-order valence-corrected chi connectivity index (χ1v) is 16.4. The zero-order valence-electron chi connectivity index (χ0n) is 26.1. The van der Waals surface area contributed by atoms with E-state index >= 15 is 8.78 Å². The average Bonchev–Trinajstić information content (AvgIpc) is 3.05. The predicted molar refractivity (Wildman–Crippen MR) is 164 cm³/mol. The molecular formula is C37H42F6O2. The van der Waals surface area contributed by atoms with Crippen molar-refractivity contribution in [2.45, 2.75) is 96.3 Å². The second-order valence-electron chi connectivity index (χ2n) is 12.6.